The van der Waals surface area contributed by atoms with E-state index in [4.69, 9.17) is 27.9 Å². The lowest BCUT2D eigenvalue weighted by Crippen LogP contribution is -2.48. The number of benzene rings is 1. The van der Waals surface area contributed by atoms with Crippen LogP contribution in [0.2, 0.25) is 0 Å². The minimum atomic E-state index is -1.09. The third kappa shape index (κ3) is 3.83. The molecule has 1 aliphatic carbocycles. The second-order valence-corrected chi connectivity index (χ2v) is 7.14. The van der Waals surface area contributed by atoms with Gasteiger partial charge < -0.3 is 4.74 Å². The fraction of sp³-hybridized carbons (Fsp3) is 0.438. The number of rotatable bonds is 4. The fourth-order valence-electron chi connectivity index (χ4n) is 2.75. The number of carbonyl (C=O) groups excluding carboxylic acids is 1. The average Bonchev–Trinajstić information content (AvgIpc) is 2.41. The quantitative estimate of drug-likeness (QED) is 0.690. The molecule has 23 heavy (non-hydrogen) atoms. The van der Waals surface area contributed by atoms with Gasteiger partial charge in [0.25, 0.3) is 0 Å². The van der Waals surface area contributed by atoms with Crippen LogP contribution in [0.15, 0.2) is 22.7 Å². The number of esters is 1. The first-order valence-electron chi connectivity index (χ1n) is 6.95. The van der Waals surface area contributed by atoms with E-state index in [1.54, 1.807) is 6.08 Å². The predicted octanol–water partition coefficient (Wildman–Crippen LogP) is 5.13. The summed E-state index contributed by atoms with van der Waals surface area (Å²) in [5.74, 6) is -4.17. The highest BCUT2D eigenvalue weighted by molar-refractivity contribution is 6.55. The summed E-state index contributed by atoms with van der Waals surface area (Å²) in [5.41, 5.74) is -0.899. The summed E-state index contributed by atoms with van der Waals surface area (Å²) < 4.78 is 45.0. The maximum absolute atomic E-state index is 13.5. The monoisotopic (exact) mass is 366 g/mol. The van der Waals surface area contributed by atoms with Crippen LogP contribution in [0.4, 0.5) is 13.2 Å². The summed E-state index contributed by atoms with van der Waals surface area (Å²) in [6.45, 7) is 3.14. The molecule has 0 heterocycles. The Morgan fingerprint density at radius 3 is 2.35 bits per heavy atom. The molecule has 2 atom stereocenters. The molecule has 1 aliphatic rings. The van der Waals surface area contributed by atoms with E-state index in [1.807, 2.05) is 13.8 Å². The van der Waals surface area contributed by atoms with Crippen molar-refractivity contribution in [3.05, 3.63) is 45.7 Å². The number of carbonyl (C=O) groups is 1. The van der Waals surface area contributed by atoms with Crippen LogP contribution in [0.3, 0.4) is 0 Å². The molecule has 0 spiro atoms. The predicted molar refractivity (Wildman–Crippen MR) is 81.3 cm³/mol. The molecule has 0 amide bonds. The molecule has 0 radical (unpaired) electrons. The van der Waals surface area contributed by atoms with Gasteiger partial charge >= 0.3 is 5.97 Å². The van der Waals surface area contributed by atoms with E-state index in [0.29, 0.717) is 18.6 Å². The van der Waals surface area contributed by atoms with E-state index in [-0.39, 0.29) is 10.4 Å². The minimum Gasteiger partial charge on any atom is -0.460 e. The van der Waals surface area contributed by atoms with E-state index in [0.717, 1.165) is 0 Å². The zero-order chi connectivity index (χ0) is 17.4. The minimum absolute atomic E-state index is 0.0179. The molecule has 2 unspecified atom stereocenters. The lowest BCUT2D eigenvalue weighted by atomic mass is 9.55. The molecule has 7 heteroatoms. The zero-order valence-corrected chi connectivity index (χ0v) is 14.0. The number of hydrogen-bond acceptors (Lipinski definition) is 2. The Bertz CT molecular complexity index is 632. The molecule has 2 nitrogen and oxygen atoms in total. The second-order valence-electron chi connectivity index (χ2n) is 6.13. The molecule has 126 valence electrons. The third-order valence-corrected chi connectivity index (χ3v) is 4.67. The van der Waals surface area contributed by atoms with Crippen molar-refractivity contribution in [1.29, 1.82) is 0 Å². The van der Waals surface area contributed by atoms with Gasteiger partial charge in [-0.3, -0.25) is 4.79 Å². The van der Waals surface area contributed by atoms with E-state index >= 15 is 0 Å². The Labute approximate surface area is 142 Å². The van der Waals surface area contributed by atoms with Crippen LogP contribution in [-0.2, 0) is 16.1 Å². The molecule has 2 rings (SSSR count). The van der Waals surface area contributed by atoms with Crippen molar-refractivity contribution in [2.45, 2.75) is 26.9 Å². The molecule has 1 aromatic rings. The first-order valence-corrected chi connectivity index (χ1v) is 7.71. The van der Waals surface area contributed by atoms with Crippen molar-refractivity contribution in [1.82, 2.24) is 0 Å². The smallest absolute Gasteiger partial charge is 0.309 e. The molecule has 0 aliphatic heterocycles. The van der Waals surface area contributed by atoms with Crippen LogP contribution < -0.4 is 0 Å². The number of allylic oxidation sites excluding steroid dienone is 1. The van der Waals surface area contributed by atoms with Gasteiger partial charge in [-0.1, -0.05) is 43.1 Å². The molecule has 1 saturated carbocycles. The largest absolute Gasteiger partial charge is 0.460 e. The SMILES string of the molecule is CC1(C)C(C=C(Cl)Cl)CC1C(=O)OCc1c(F)cc(F)cc1F. The van der Waals surface area contributed by atoms with Crippen LogP contribution in [0, 0.1) is 34.7 Å². The zero-order valence-electron chi connectivity index (χ0n) is 12.5. The van der Waals surface area contributed by atoms with Gasteiger partial charge in [-0.15, -0.1) is 0 Å². The van der Waals surface area contributed by atoms with Crippen LogP contribution in [0.25, 0.3) is 0 Å². The standard InChI is InChI=1S/C16H15Cl2F3O2/c1-16(2)8(4-14(17)18)3-11(16)15(22)23-7-10-12(20)5-9(19)6-13(10)21/h4-6,8,11H,3,7H2,1-2H3. The summed E-state index contributed by atoms with van der Waals surface area (Å²) in [5, 5.41) is 0. The van der Waals surface area contributed by atoms with Gasteiger partial charge in [0.15, 0.2) is 0 Å². The first kappa shape index (κ1) is 18.1. The summed E-state index contributed by atoms with van der Waals surface area (Å²) >= 11 is 11.3. The molecule has 1 fully saturated rings. The summed E-state index contributed by atoms with van der Waals surface area (Å²) in [4.78, 5) is 12.1. The van der Waals surface area contributed by atoms with Gasteiger partial charge in [0.2, 0.25) is 0 Å². The average molecular weight is 367 g/mol. The van der Waals surface area contributed by atoms with Crippen molar-refractivity contribution in [3.8, 4) is 0 Å². The summed E-state index contributed by atoms with van der Waals surface area (Å²) in [6, 6.07) is 1.09. The summed E-state index contributed by atoms with van der Waals surface area (Å²) in [6.07, 6.45) is 2.15. The highest BCUT2D eigenvalue weighted by Gasteiger charge is 2.51. The Morgan fingerprint density at radius 2 is 1.87 bits per heavy atom. The van der Waals surface area contributed by atoms with Gasteiger partial charge in [0.05, 0.1) is 11.5 Å². The lowest BCUT2D eigenvalue weighted by Gasteiger charge is -2.49. The Balaban J connectivity index is 2.01. The van der Waals surface area contributed by atoms with Crippen molar-refractivity contribution >= 4 is 29.2 Å². The number of ether oxygens (including phenoxy) is 1. The van der Waals surface area contributed by atoms with Crippen LogP contribution in [-0.4, -0.2) is 5.97 Å². The fourth-order valence-corrected chi connectivity index (χ4v) is 3.05. The van der Waals surface area contributed by atoms with Crippen molar-refractivity contribution in [2.75, 3.05) is 0 Å². The molecule has 1 aromatic carbocycles. The highest BCUT2D eigenvalue weighted by atomic mass is 35.5. The molecular formula is C16H15Cl2F3O2. The van der Waals surface area contributed by atoms with Crippen molar-refractivity contribution in [3.63, 3.8) is 0 Å². The van der Waals surface area contributed by atoms with E-state index < -0.39 is 46.9 Å². The van der Waals surface area contributed by atoms with E-state index in [2.05, 4.69) is 0 Å². The first-order chi connectivity index (χ1) is 10.6. The lowest BCUT2D eigenvalue weighted by molar-refractivity contribution is -0.164. The molecular weight excluding hydrogens is 352 g/mol. The van der Waals surface area contributed by atoms with Gasteiger partial charge in [-0.25, -0.2) is 13.2 Å². The van der Waals surface area contributed by atoms with Crippen LogP contribution in [0.1, 0.15) is 25.8 Å². The van der Waals surface area contributed by atoms with Crippen molar-refractivity contribution in [2.24, 2.45) is 17.3 Å². The highest BCUT2D eigenvalue weighted by Crippen LogP contribution is 2.53. The molecule has 0 aromatic heterocycles. The van der Waals surface area contributed by atoms with Crippen LogP contribution in [0.5, 0.6) is 0 Å². The normalized spacial score (nSPS) is 22.2. The number of halogens is 5. The third-order valence-electron chi connectivity index (χ3n) is 4.42. The topological polar surface area (TPSA) is 26.3 Å². The Hall–Kier alpha value is -1.20. The van der Waals surface area contributed by atoms with E-state index in [1.165, 1.54) is 0 Å². The Kier molecular flexibility index (Phi) is 5.31. The van der Waals surface area contributed by atoms with Gasteiger partial charge in [-0.2, -0.15) is 0 Å². The maximum atomic E-state index is 13.5. The number of hydrogen-bond donors (Lipinski definition) is 0. The van der Waals surface area contributed by atoms with E-state index in [9.17, 15) is 18.0 Å². The van der Waals surface area contributed by atoms with Gasteiger partial charge in [0, 0.05) is 12.1 Å². The second kappa shape index (κ2) is 6.73. The van der Waals surface area contributed by atoms with Crippen LogP contribution >= 0.6 is 23.2 Å². The maximum Gasteiger partial charge on any atom is 0.309 e. The van der Waals surface area contributed by atoms with Gasteiger partial charge in [0.1, 0.15) is 28.6 Å². The van der Waals surface area contributed by atoms with Gasteiger partial charge in [-0.05, 0) is 17.8 Å². The molecule has 0 bridgehead atoms. The van der Waals surface area contributed by atoms with Crippen molar-refractivity contribution < 1.29 is 22.7 Å². The summed E-state index contributed by atoms with van der Waals surface area (Å²) in [7, 11) is 0. The molecule has 0 N–H and O–H groups in total. The molecule has 0 saturated heterocycles. The Morgan fingerprint density at radius 1 is 1.30 bits per heavy atom.